The fourth-order valence-electron chi connectivity index (χ4n) is 2.52. The molecule has 0 bridgehead atoms. The Balaban J connectivity index is 2.68. The number of aromatic nitrogens is 2. The van der Waals surface area contributed by atoms with Gasteiger partial charge in [0.25, 0.3) is 0 Å². The van der Waals surface area contributed by atoms with E-state index < -0.39 is 28.5 Å². The summed E-state index contributed by atoms with van der Waals surface area (Å²) in [7, 11) is -2.55. The molecular formula is C18H30N2NiSi2. The topological polar surface area (TPSA) is 25.8 Å². The molecule has 5 heteroatoms. The van der Waals surface area contributed by atoms with Crippen molar-refractivity contribution in [2.75, 3.05) is 0 Å². The Bertz CT molecular complexity index is 561. The van der Waals surface area contributed by atoms with Crippen LogP contribution < -0.4 is 9.33 Å². The van der Waals surface area contributed by atoms with E-state index in [1.54, 1.807) is 0 Å². The molecule has 2 aromatic heterocycles. The molecule has 2 aromatic rings. The summed E-state index contributed by atoms with van der Waals surface area (Å²) >= 11 is -1.31. The fraction of sp³-hybridized carbons (Fsp3) is 0.444. The van der Waals surface area contributed by atoms with Crippen LogP contribution in [0.5, 0.6) is 0 Å². The van der Waals surface area contributed by atoms with Gasteiger partial charge in [-0.3, -0.25) is 0 Å². The Hall–Kier alpha value is -0.773. The molecule has 0 aliphatic heterocycles. The van der Waals surface area contributed by atoms with Crippen LogP contribution in [-0.4, -0.2) is 26.1 Å². The molecule has 0 amide bonds. The molecule has 0 spiro atoms. The van der Waals surface area contributed by atoms with Crippen molar-refractivity contribution in [2.45, 2.75) is 49.3 Å². The number of hydrogen-bond donors (Lipinski definition) is 0. The van der Waals surface area contributed by atoms with Crippen LogP contribution in [0.3, 0.4) is 0 Å². The second-order valence-electron chi connectivity index (χ2n) is 8.27. The molecule has 0 unspecified atom stereocenters. The number of pyridine rings is 2. The van der Waals surface area contributed by atoms with Crippen LogP contribution in [0, 0.1) is 0 Å². The minimum atomic E-state index is -1.31. The fourth-order valence-corrected chi connectivity index (χ4v) is 21.3. The summed E-state index contributed by atoms with van der Waals surface area (Å²) in [5.41, 5.74) is 0. The molecule has 0 radical (unpaired) electrons. The van der Waals surface area contributed by atoms with Crippen molar-refractivity contribution in [3.63, 3.8) is 0 Å². The van der Waals surface area contributed by atoms with Crippen LogP contribution in [0.25, 0.3) is 0 Å². The summed E-state index contributed by atoms with van der Waals surface area (Å²) in [5.74, 6) is 0. The number of rotatable bonds is 6. The SMILES string of the molecule is C[Si](C)(C)[CH2][Ni]([CH2][Si](C)(C)C)([c]1ccccn1)[c]1ccccn1. The molecule has 0 fully saturated rings. The molecule has 2 heterocycles. The van der Waals surface area contributed by atoms with Crippen molar-refractivity contribution in [1.29, 1.82) is 0 Å². The normalized spacial score (nSPS) is 13.8. The second-order valence-corrected chi connectivity index (χ2v) is 24.2. The van der Waals surface area contributed by atoms with Gasteiger partial charge in [0.05, 0.1) is 0 Å². The van der Waals surface area contributed by atoms with Crippen LogP contribution in [0.1, 0.15) is 0 Å². The Morgan fingerprint density at radius 3 is 1.35 bits per heavy atom. The van der Waals surface area contributed by atoms with Crippen molar-refractivity contribution < 1.29 is 12.4 Å². The van der Waals surface area contributed by atoms with Crippen molar-refractivity contribution in [2.24, 2.45) is 0 Å². The van der Waals surface area contributed by atoms with Gasteiger partial charge < -0.3 is 0 Å². The van der Waals surface area contributed by atoms with Gasteiger partial charge in [-0.25, -0.2) is 0 Å². The van der Waals surface area contributed by atoms with Crippen LogP contribution in [-0.2, 0) is 12.4 Å². The first kappa shape index (κ1) is 18.6. The van der Waals surface area contributed by atoms with Crippen molar-refractivity contribution >= 4 is 25.5 Å². The third kappa shape index (κ3) is 5.10. The van der Waals surface area contributed by atoms with Crippen LogP contribution in [0.2, 0.25) is 49.3 Å². The monoisotopic (exact) mass is 388 g/mol. The summed E-state index contributed by atoms with van der Waals surface area (Å²) < 4.78 is 2.58. The molecule has 23 heavy (non-hydrogen) atoms. The van der Waals surface area contributed by atoms with E-state index in [1.165, 1.54) is 19.4 Å². The van der Waals surface area contributed by atoms with Gasteiger partial charge in [0.1, 0.15) is 0 Å². The van der Waals surface area contributed by atoms with E-state index in [0.29, 0.717) is 0 Å². The Morgan fingerprint density at radius 1 is 0.696 bits per heavy atom. The van der Waals surface area contributed by atoms with E-state index in [1.807, 2.05) is 24.5 Å². The van der Waals surface area contributed by atoms with E-state index in [9.17, 15) is 0 Å². The zero-order valence-electron chi connectivity index (χ0n) is 15.2. The van der Waals surface area contributed by atoms with Crippen molar-refractivity contribution in [3.05, 3.63) is 48.8 Å². The molecule has 2 nitrogen and oxygen atoms in total. The molecule has 0 saturated carbocycles. The first-order chi connectivity index (χ1) is 10.6. The predicted octanol–water partition coefficient (Wildman–Crippen LogP) is 4.17. The van der Waals surface area contributed by atoms with E-state index in [-0.39, 0.29) is 0 Å². The molecular weight excluding hydrogens is 359 g/mol. The molecule has 0 aromatic carbocycles. The standard InChI is InChI=1S/2C5H4N.2C4H11Si.Ni/c2*1-2-4-6-5-3-1;2*1-5(2,3)4;/h2*1-4H;2*1H2,2-4H3;. The zero-order valence-corrected chi connectivity index (χ0v) is 18.2. The maximum atomic E-state index is 4.84. The Labute approximate surface area is 145 Å². The predicted molar refractivity (Wildman–Crippen MR) is 104 cm³/mol. The Morgan fingerprint density at radius 2 is 1.09 bits per heavy atom. The molecule has 130 valence electrons. The molecule has 0 aliphatic carbocycles. The van der Waals surface area contributed by atoms with Gasteiger partial charge in [0.2, 0.25) is 0 Å². The third-order valence-corrected chi connectivity index (χ3v) is 17.4. The van der Waals surface area contributed by atoms with Crippen LogP contribution in [0.15, 0.2) is 48.8 Å². The summed E-state index contributed by atoms with van der Waals surface area (Å²) in [4.78, 5) is 9.68. The second kappa shape index (κ2) is 7.00. The summed E-state index contributed by atoms with van der Waals surface area (Å²) in [5, 5.41) is 2.57. The Kier molecular flexibility index (Phi) is 5.65. The average Bonchev–Trinajstić information content (AvgIpc) is 2.45. The van der Waals surface area contributed by atoms with E-state index in [0.717, 1.165) is 0 Å². The summed E-state index contributed by atoms with van der Waals surface area (Å²) in [6.45, 7) is 14.9. The first-order valence-electron chi connectivity index (χ1n) is 8.01. The van der Waals surface area contributed by atoms with E-state index in [4.69, 9.17) is 9.97 Å². The average molecular weight is 389 g/mol. The molecule has 0 atom stereocenters. The summed E-state index contributed by atoms with van der Waals surface area (Å²) in [6.07, 6.45) is 3.91. The molecule has 0 aliphatic rings. The van der Waals surface area contributed by atoms with E-state index in [2.05, 4.69) is 63.5 Å². The number of nitrogens with zero attached hydrogens (tertiary/aromatic N) is 2. The van der Waals surface area contributed by atoms with Gasteiger partial charge >= 0.3 is 146 Å². The van der Waals surface area contributed by atoms with E-state index >= 15 is 0 Å². The number of hydrogen-bond acceptors (Lipinski definition) is 2. The van der Waals surface area contributed by atoms with Gasteiger partial charge in [-0.05, 0) is 0 Å². The molecule has 0 N–H and O–H groups in total. The van der Waals surface area contributed by atoms with Gasteiger partial charge in [-0.15, -0.1) is 0 Å². The quantitative estimate of drug-likeness (QED) is 0.693. The molecule has 0 saturated heterocycles. The van der Waals surface area contributed by atoms with Crippen LogP contribution >= 0.6 is 0 Å². The van der Waals surface area contributed by atoms with Gasteiger partial charge in [0, 0.05) is 0 Å². The first-order valence-corrected chi connectivity index (χ1v) is 17.8. The minimum absolute atomic E-state index is 1.27. The van der Waals surface area contributed by atoms with Crippen LogP contribution in [0.4, 0.5) is 0 Å². The summed E-state index contributed by atoms with van der Waals surface area (Å²) in [6, 6.07) is 12.8. The maximum absolute atomic E-state index is 4.84. The van der Waals surface area contributed by atoms with Gasteiger partial charge in [-0.2, -0.15) is 0 Å². The van der Waals surface area contributed by atoms with Gasteiger partial charge in [0.15, 0.2) is 0 Å². The van der Waals surface area contributed by atoms with Crippen molar-refractivity contribution in [3.8, 4) is 0 Å². The van der Waals surface area contributed by atoms with Gasteiger partial charge in [-0.1, -0.05) is 0 Å². The zero-order chi connectivity index (χ0) is 17.1. The molecule has 2 rings (SSSR count). The van der Waals surface area contributed by atoms with Crippen molar-refractivity contribution in [1.82, 2.24) is 9.97 Å². The third-order valence-electron chi connectivity index (χ3n) is 2.89.